The van der Waals surface area contributed by atoms with E-state index in [4.69, 9.17) is 28.2 Å². The first-order valence-corrected chi connectivity index (χ1v) is 9.12. The van der Waals surface area contributed by atoms with E-state index in [9.17, 15) is 0 Å². The lowest BCUT2D eigenvalue weighted by molar-refractivity contribution is 0.584. The van der Waals surface area contributed by atoms with Crippen LogP contribution >= 0.6 is 23.2 Å². The number of halogens is 2. The minimum Gasteiger partial charge on any atom is -0.326 e. The van der Waals surface area contributed by atoms with Crippen LogP contribution in [0.5, 0.6) is 0 Å². The van der Waals surface area contributed by atoms with Crippen molar-refractivity contribution in [2.45, 2.75) is 12.5 Å². The van der Waals surface area contributed by atoms with Gasteiger partial charge in [-0.3, -0.25) is 9.67 Å². The van der Waals surface area contributed by atoms with Gasteiger partial charge >= 0.3 is 0 Å². The minimum atomic E-state index is 0.0483. The molecule has 1 aliphatic heterocycles. The lowest BCUT2D eigenvalue weighted by Crippen LogP contribution is -2.34. The van der Waals surface area contributed by atoms with Crippen LogP contribution in [-0.2, 0) is 6.54 Å². The van der Waals surface area contributed by atoms with Gasteiger partial charge in [0.1, 0.15) is 18.5 Å². The molecule has 0 bridgehead atoms. The summed E-state index contributed by atoms with van der Waals surface area (Å²) in [6.07, 6.45) is 3.28. The van der Waals surface area contributed by atoms with Gasteiger partial charge in [0.2, 0.25) is 0 Å². The highest BCUT2D eigenvalue weighted by atomic mass is 35.5. The van der Waals surface area contributed by atoms with Crippen LogP contribution in [0, 0.1) is 0 Å². The number of rotatable bonds is 5. The Bertz CT molecular complexity index is 909. The van der Waals surface area contributed by atoms with Crippen molar-refractivity contribution in [3.63, 3.8) is 0 Å². The number of hydrogen-bond acceptors (Lipinski definition) is 4. The molecule has 1 atom stereocenters. The van der Waals surface area contributed by atoms with Crippen LogP contribution in [0.15, 0.2) is 66.2 Å². The van der Waals surface area contributed by atoms with Gasteiger partial charge in [-0.2, -0.15) is 5.10 Å². The van der Waals surface area contributed by atoms with E-state index in [1.54, 1.807) is 18.7 Å². The largest absolute Gasteiger partial charge is 0.326 e. The molecule has 0 saturated carbocycles. The van der Waals surface area contributed by atoms with Crippen LogP contribution in [0.4, 0.5) is 5.69 Å². The molecule has 2 aromatic carbocycles. The fourth-order valence-corrected chi connectivity index (χ4v) is 3.75. The average Bonchev–Trinajstić information content (AvgIpc) is 3.32. The number of aliphatic imine (C=N–C) groups is 1. The zero-order valence-electron chi connectivity index (χ0n) is 14.0. The Labute approximate surface area is 161 Å². The van der Waals surface area contributed by atoms with Crippen molar-refractivity contribution in [3.8, 4) is 0 Å². The molecule has 0 radical (unpaired) electrons. The fraction of sp³-hybridized carbons (Fsp3) is 0.211. The second-order valence-electron chi connectivity index (χ2n) is 6.07. The van der Waals surface area contributed by atoms with Gasteiger partial charge in [0, 0.05) is 11.6 Å². The number of amidine groups is 1. The number of hydrogen-bond donors (Lipinski definition) is 0. The summed E-state index contributed by atoms with van der Waals surface area (Å²) >= 11 is 12.5. The summed E-state index contributed by atoms with van der Waals surface area (Å²) < 4.78 is 1.83. The van der Waals surface area contributed by atoms with Gasteiger partial charge in [-0.15, -0.1) is 0 Å². The van der Waals surface area contributed by atoms with E-state index in [1.165, 1.54) is 5.56 Å². The minimum absolute atomic E-state index is 0.0483. The number of anilines is 1. The summed E-state index contributed by atoms with van der Waals surface area (Å²) in [5.74, 6) is 1.03. The number of aromatic nitrogens is 3. The van der Waals surface area contributed by atoms with E-state index in [1.807, 2.05) is 35.0 Å². The topological polar surface area (TPSA) is 46.3 Å². The second-order valence-corrected chi connectivity index (χ2v) is 6.91. The van der Waals surface area contributed by atoms with Crippen molar-refractivity contribution in [1.29, 1.82) is 0 Å². The predicted octanol–water partition coefficient (Wildman–Crippen LogP) is 4.29. The third kappa shape index (κ3) is 3.45. The Kier molecular flexibility index (Phi) is 4.91. The van der Waals surface area contributed by atoms with E-state index < -0.39 is 0 Å². The predicted molar refractivity (Wildman–Crippen MR) is 105 cm³/mol. The Balaban J connectivity index is 1.72. The molecule has 0 N–H and O–H groups in total. The molecule has 26 heavy (non-hydrogen) atoms. The van der Waals surface area contributed by atoms with Gasteiger partial charge < -0.3 is 4.90 Å². The van der Waals surface area contributed by atoms with Gasteiger partial charge in [0.05, 0.1) is 29.7 Å². The Hall–Kier alpha value is -2.37. The second kappa shape index (κ2) is 7.48. The molecule has 1 aliphatic rings. The van der Waals surface area contributed by atoms with Crippen molar-refractivity contribution in [3.05, 3.63) is 76.8 Å². The monoisotopic (exact) mass is 385 g/mol. The Morgan fingerprint density at radius 2 is 1.92 bits per heavy atom. The van der Waals surface area contributed by atoms with Crippen LogP contribution in [0.3, 0.4) is 0 Å². The maximum Gasteiger partial charge on any atom is 0.137 e. The van der Waals surface area contributed by atoms with E-state index >= 15 is 0 Å². The molecule has 0 saturated heterocycles. The molecule has 0 amide bonds. The summed E-state index contributed by atoms with van der Waals surface area (Å²) in [5.41, 5.74) is 2.10. The molecule has 4 rings (SSSR count). The normalized spacial score (nSPS) is 15.2. The highest BCUT2D eigenvalue weighted by Gasteiger charge is 2.29. The van der Waals surface area contributed by atoms with Crippen LogP contribution in [0.2, 0.25) is 10.0 Å². The quantitative estimate of drug-likeness (QED) is 0.657. The molecule has 1 unspecified atom stereocenters. The highest BCUT2D eigenvalue weighted by Crippen LogP contribution is 2.33. The van der Waals surface area contributed by atoms with Gasteiger partial charge in [-0.1, -0.05) is 53.5 Å². The molecular formula is C19H17Cl2N5. The SMILES string of the molecule is Clc1ccc(N2CCN=C2C(Cn2cncn2)c2ccccc2)c(Cl)c1. The molecule has 0 spiro atoms. The van der Waals surface area contributed by atoms with Crippen molar-refractivity contribution in [2.24, 2.45) is 4.99 Å². The maximum atomic E-state index is 6.46. The van der Waals surface area contributed by atoms with Crippen molar-refractivity contribution >= 4 is 34.7 Å². The molecule has 132 valence electrons. The van der Waals surface area contributed by atoms with Crippen LogP contribution in [-0.4, -0.2) is 33.7 Å². The van der Waals surface area contributed by atoms with Gasteiger partial charge in [-0.25, -0.2) is 4.98 Å². The van der Waals surface area contributed by atoms with E-state index in [0.29, 0.717) is 16.6 Å². The maximum absolute atomic E-state index is 6.46. The Morgan fingerprint density at radius 1 is 1.08 bits per heavy atom. The van der Waals surface area contributed by atoms with Gasteiger partial charge in [0.15, 0.2) is 0 Å². The van der Waals surface area contributed by atoms with Crippen LogP contribution in [0.25, 0.3) is 0 Å². The van der Waals surface area contributed by atoms with E-state index in [0.717, 1.165) is 24.6 Å². The first kappa shape index (κ1) is 17.1. The smallest absolute Gasteiger partial charge is 0.137 e. The van der Waals surface area contributed by atoms with Crippen LogP contribution in [0.1, 0.15) is 11.5 Å². The first-order valence-electron chi connectivity index (χ1n) is 8.36. The zero-order chi connectivity index (χ0) is 17.9. The molecule has 0 fully saturated rings. The van der Waals surface area contributed by atoms with Gasteiger partial charge in [0.25, 0.3) is 0 Å². The lowest BCUT2D eigenvalue weighted by Gasteiger charge is -2.28. The third-order valence-corrected chi connectivity index (χ3v) is 4.96. The Morgan fingerprint density at radius 3 is 2.65 bits per heavy atom. The molecule has 5 nitrogen and oxygen atoms in total. The van der Waals surface area contributed by atoms with Crippen molar-refractivity contribution in [2.75, 3.05) is 18.0 Å². The molecule has 3 aromatic rings. The summed E-state index contributed by atoms with van der Waals surface area (Å²) in [6, 6.07) is 15.9. The molecule has 1 aromatic heterocycles. The average molecular weight is 386 g/mol. The van der Waals surface area contributed by atoms with Crippen molar-refractivity contribution < 1.29 is 0 Å². The summed E-state index contributed by atoms with van der Waals surface area (Å²) in [4.78, 5) is 11.0. The summed E-state index contributed by atoms with van der Waals surface area (Å²) in [5, 5.41) is 5.52. The standard InChI is InChI=1S/C19H17Cl2N5/c20-15-6-7-18(17(21)10-15)26-9-8-23-19(26)16(11-25-13-22-12-24-25)14-4-2-1-3-5-14/h1-7,10,12-13,16H,8-9,11H2. The molecule has 2 heterocycles. The van der Waals surface area contributed by atoms with E-state index in [-0.39, 0.29) is 5.92 Å². The first-order chi connectivity index (χ1) is 12.7. The molecule has 0 aliphatic carbocycles. The summed E-state index contributed by atoms with van der Waals surface area (Å²) in [6.45, 7) is 2.18. The molecule has 7 heteroatoms. The zero-order valence-corrected chi connectivity index (χ0v) is 15.5. The van der Waals surface area contributed by atoms with Gasteiger partial charge in [-0.05, 0) is 23.8 Å². The fourth-order valence-electron chi connectivity index (χ4n) is 3.24. The molecular weight excluding hydrogens is 369 g/mol. The van der Waals surface area contributed by atoms with Crippen LogP contribution < -0.4 is 4.90 Å². The van der Waals surface area contributed by atoms with Crippen molar-refractivity contribution in [1.82, 2.24) is 14.8 Å². The third-order valence-electron chi connectivity index (χ3n) is 4.42. The van der Waals surface area contributed by atoms with E-state index in [2.05, 4.69) is 27.1 Å². The number of benzene rings is 2. The number of nitrogens with zero attached hydrogens (tertiary/aromatic N) is 5. The summed E-state index contributed by atoms with van der Waals surface area (Å²) in [7, 11) is 0. The lowest BCUT2D eigenvalue weighted by atomic mass is 9.97. The highest BCUT2D eigenvalue weighted by molar-refractivity contribution is 6.37.